The first-order valence-corrected chi connectivity index (χ1v) is 8.98. The van der Waals surface area contributed by atoms with Crippen LogP contribution in [0.25, 0.3) is 0 Å². The van der Waals surface area contributed by atoms with Crippen molar-refractivity contribution in [2.24, 2.45) is 0 Å². The maximum atomic E-state index is 12.2. The van der Waals surface area contributed by atoms with E-state index in [-0.39, 0.29) is 6.03 Å². The first-order chi connectivity index (χ1) is 13.5. The van der Waals surface area contributed by atoms with Gasteiger partial charge in [-0.25, -0.2) is 9.59 Å². The van der Waals surface area contributed by atoms with E-state index in [2.05, 4.69) is 40.3 Å². The fraction of sp³-hybridized carbons (Fsp3) is 0.182. The molecular formula is C22H23N3O3. The van der Waals surface area contributed by atoms with Crippen LogP contribution in [0.2, 0.25) is 0 Å². The number of aromatic nitrogens is 1. The number of carbonyl (C=O) groups excluding carboxylic acids is 2. The Morgan fingerprint density at radius 2 is 1.86 bits per heavy atom. The lowest BCUT2D eigenvalue weighted by atomic mass is 10.1. The van der Waals surface area contributed by atoms with Gasteiger partial charge in [-0.15, -0.1) is 0 Å². The summed E-state index contributed by atoms with van der Waals surface area (Å²) in [4.78, 5) is 23.8. The van der Waals surface area contributed by atoms with Crippen molar-refractivity contribution in [3.05, 3.63) is 89.2 Å². The zero-order valence-electron chi connectivity index (χ0n) is 15.9. The van der Waals surface area contributed by atoms with Crippen molar-refractivity contribution in [2.75, 3.05) is 12.4 Å². The lowest BCUT2D eigenvalue weighted by molar-refractivity contribution is 0.0600. The number of hydrogen-bond donors (Lipinski definition) is 2. The van der Waals surface area contributed by atoms with Crippen LogP contribution in [0.5, 0.6) is 0 Å². The number of nitrogens with one attached hydrogen (secondary N) is 2. The number of rotatable bonds is 6. The van der Waals surface area contributed by atoms with E-state index in [0.717, 1.165) is 12.2 Å². The van der Waals surface area contributed by atoms with E-state index in [0.29, 0.717) is 17.8 Å². The molecule has 0 spiro atoms. The third-order valence-electron chi connectivity index (χ3n) is 4.33. The van der Waals surface area contributed by atoms with Crippen LogP contribution in [-0.4, -0.2) is 23.7 Å². The van der Waals surface area contributed by atoms with Crippen LogP contribution in [-0.2, 0) is 17.8 Å². The number of esters is 1. The molecule has 0 saturated carbocycles. The fourth-order valence-electron chi connectivity index (χ4n) is 2.96. The van der Waals surface area contributed by atoms with Crippen molar-refractivity contribution >= 4 is 17.7 Å². The lowest BCUT2D eigenvalue weighted by Crippen LogP contribution is -2.29. The molecule has 1 heterocycles. The topological polar surface area (TPSA) is 72.4 Å². The molecule has 3 aromatic rings. The molecule has 1 aromatic heterocycles. The van der Waals surface area contributed by atoms with E-state index in [1.807, 2.05) is 24.4 Å². The third kappa shape index (κ3) is 5.01. The summed E-state index contributed by atoms with van der Waals surface area (Å²) in [7, 11) is 1.32. The highest BCUT2D eigenvalue weighted by Crippen LogP contribution is 2.12. The van der Waals surface area contributed by atoms with Crippen LogP contribution in [0.4, 0.5) is 10.5 Å². The number of ether oxygens (including phenoxy) is 1. The number of urea groups is 1. The monoisotopic (exact) mass is 377 g/mol. The number of carbonyl (C=O) groups is 2. The Balaban J connectivity index is 1.58. The summed E-state index contributed by atoms with van der Waals surface area (Å²) in [6.45, 7) is 3.21. The molecule has 0 bridgehead atoms. The molecule has 2 aromatic carbocycles. The minimum absolute atomic E-state index is 0.342. The van der Waals surface area contributed by atoms with Crippen molar-refractivity contribution in [3.8, 4) is 0 Å². The molecule has 0 saturated heterocycles. The summed E-state index contributed by atoms with van der Waals surface area (Å²) < 4.78 is 6.80. The van der Waals surface area contributed by atoms with Gasteiger partial charge in [-0.05, 0) is 42.8 Å². The van der Waals surface area contributed by atoms with E-state index in [9.17, 15) is 9.59 Å². The molecule has 0 aliphatic rings. The number of methoxy groups -OCH3 is 1. The van der Waals surface area contributed by atoms with Crippen molar-refractivity contribution in [3.63, 3.8) is 0 Å². The van der Waals surface area contributed by atoms with Gasteiger partial charge >= 0.3 is 12.0 Å². The van der Waals surface area contributed by atoms with Gasteiger partial charge in [-0.3, -0.25) is 0 Å². The number of hydrogen-bond acceptors (Lipinski definition) is 3. The lowest BCUT2D eigenvalue weighted by Gasteiger charge is -2.12. The number of anilines is 1. The van der Waals surface area contributed by atoms with Crippen LogP contribution in [0.3, 0.4) is 0 Å². The summed E-state index contributed by atoms with van der Waals surface area (Å²) in [6, 6.07) is 18.6. The van der Waals surface area contributed by atoms with Gasteiger partial charge in [0.25, 0.3) is 0 Å². The van der Waals surface area contributed by atoms with E-state index >= 15 is 0 Å². The summed E-state index contributed by atoms with van der Waals surface area (Å²) in [5.41, 5.74) is 4.34. The Hall–Kier alpha value is -3.54. The predicted molar refractivity (Wildman–Crippen MR) is 108 cm³/mol. The zero-order chi connectivity index (χ0) is 19.9. The normalized spacial score (nSPS) is 10.4. The Morgan fingerprint density at radius 3 is 2.64 bits per heavy atom. The zero-order valence-corrected chi connectivity index (χ0v) is 15.9. The van der Waals surface area contributed by atoms with Crippen LogP contribution in [0.15, 0.2) is 66.9 Å². The molecule has 28 heavy (non-hydrogen) atoms. The van der Waals surface area contributed by atoms with Gasteiger partial charge in [0, 0.05) is 24.1 Å². The largest absolute Gasteiger partial charge is 0.465 e. The van der Waals surface area contributed by atoms with Crippen molar-refractivity contribution < 1.29 is 14.3 Å². The van der Waals surface area contributed by atoms with Gasteiger partial charge < -0.3 is 19.9 Å². The minimum atomic E-state index is -0.446. The van der Waals surface area contributed by atoms with Crippen LogP contribution in [0.1, 0.15) is 27.2 Å². The smallest absolute Gasteiger partial charge is 0.337 e. The van der Waals surface area contributed by atoms with E-state index in [1.54, 1.807) is 24.3 Å². The summed E-state index contributed by atoms with van der Waals surface area (Å²) in [5.74, 6) is -0.446. The summed E-state index contributed by atoms with van der Waals surface area (Å²) in [6.07, 6.45) is 2.00. The number of nitrogens with zero attached hydrogens (tertiary/aromatic N) is 1. The Bertz CT molecular complexity index is 978. The molecule has 0 unspecified atom stereocenters. The predicted octanol–water partition coefficient (Wildman–Crippen LogP) is 3.95. The summed E-state index contributed by atoms with van der Waals surface area (Å²) in [5, 5.41) is 5.58. The first-order valence-electron chi connectivity index (χ1n) is 8.98. The first kappa shape index (κ1) is 19.2. The number of benzene rings is 2. The molecule has 2 N–H and O–H groups in total. The van der Waals surface area contributed by atoms with Gasteiger partial charge in [0.2, 0.25) is 0 Å². The SMILES string of the molecule is COC(=O)c1cccc(NC(=O)NCc2cccn2Cc2cccc(C)c2)c1. The van der Waals surface area contributed by atoms with Gasteiger partial charge in [0.1, 0.15) is 0 Å². The fourth-order valence-corrected chi connectivity index (χ4v) is 2.96. The standard InChI is InChI=1S/C22H23N3O3/c1-16-6-3-7-17(12-16)15-25-11-5-10-20(25)14-23-22(27)24-19-9-4-8-18(13-19)21(26)28-2/h3-13H,14-15H2,1-2H3,(H2,23,24,27). The molecule has 3 rings (SSSR count). The maximum absolute atomic E-state index is 12.2. The maximum Gasteiger partial charge on any atom is 0.337 e. The molecule has 0 aliphatic heterocycles. The second-order valence-corrected chi connectivity index (χ2v) is 6.50. The summed E-state index contributed by atoms with van der Waals surface area (Å²) >= 11 is 0. The van der Waals surface area contributed by atoms with Crippen molar-refractivity contribution in [1.29, 1.82) is 0 Å². The average molecular weight is 377 g/mol. The molecule has 0 aliphatic carbocycles. The third-order valence-corrected chi connectivity index (χ3v) is 4.33. The van der Waals surface area contributed by atoms with Crippen molar-refractivity contribution in [2.45, 2.75) is 20.0 Å². The van der Waals surface area contributed by atoms with Crippen LogP contribution in [0, 0.1) is 6.92 Å². The molecule has 0 radical (unpaired) electrons. The Morgan fingerprint density at radius 1 is 1.04 bits per heavy atom. The molecule has 6 nitrogen and oxygen atoms in total. The number of amides is 2. The van der Waals surface area contributed by atoms with E-state index < -0.39 is 5.97 Å². The van der Waals surface area contributed by atoms with E-state index in [4.69, 9.17) is 4.74 Å². The highest BCUT2D eigenvalue weighted by molar-refractivity contribution is 5.93. The van der Waals surface area contributed by atoms with E-state index in [1.165, 1.54) is 18.2 Å². The molecule has 6 heteroatoms. The molecule has 0 fully saturated rings. The second kappa shape index (κ2) is 8.90. The number of aryl methyl sites for hydroxylation is 1. The van der Waals surface area contributed by atoms with Gasteiger partial charge in [0.15, 0.2) is 0 Å². The van der Waals surface area contributed by atoms with Crippen molar-refractivity contribution in [1.82, 2.24) is 9.88 Å². The Labute approximate surface area is 164 Å². The minimum Gasteiger partial charge on any atom is -0.465 e. The highest BCUT2D eigenvalue weighted by atomic mass is 16.5. The van der Waals surface area contributed by atoms with Crippen LogP contribution < -0.4 is 10.6 Å². The second-order valence-electron chi connectivity index (χ2n) is 6.50. The van der Waals surface area contributed by atoms with Gasteiger partial charge in [-0.2, -0.15) is 0 Å². The Kier molecular flexibility index (Phi) is 6.11. The molecular weight excluding hydrogens is 354 g/mol. The highest BCUT2D eigenvalue weighted by Gasteiger charge is 2.09. The van der Waals surface area contributed by atoms with Crippen LogP contribution >= 0.6 is 0 Å². The molecule has 0 atom stereocenters. The average Bonchev–Trinajstić information content (AvgIpc) is 3.13. The quantitative estimate of drug-likeness (QED) is 0.639. The molecule has 144 valence electrons. The van der Waals surface area contributed by atoms with Gasteiger partial charge in [0.05, 0.1) is 19.2 Å². The molecule has 2 amide bonds. The van der Waals surface area contributed by atoms with Gasteiger partial charge in [-0.1, -0.05) is 35.9 Å².